The fraction of sp³-hybridized carbons (Fsp3) is 0.219. The monoisotopic (exact) mass is 648 g/mol. The molecule has 2 heterocycles. The summed E-state index contributed by atoms with van der Waals surface area (Å²) in [7, 11) is 3.21. The first kappa shape index (κ1) is 29.3. The lowest BCUT2D eigenvalue weighted by Crippen LogP contribution is -2.39. The highest BCUT2D eigenvalue weighted by atomic mass is 79.9. The van der Waals surface area contributed by atoms with E-state index >= 15 is 0 Å². The minimum Gasteiger partial charge on any atom is -0.497 e. The first-order chi connectivity index (χ1) is 20.3. The number of esters is 1. The smallest absolute Gasteiger partial charge is 0.338 e. The zero-order valence-corrected chi connectivity index (χ0v) is 26.0. The number of hydrogen-bond acceptors (Lipinski definition) is 8. The molecule has 3 aromatic carbocycles. The Hall–Kier alpha value is -4.15. The molecule has 10 heteroatoms. The normalized spacial score (nSPS) is 14.7. The number of ether oxygens (including phenoxy) is 4. The Morgan fingerprint density at radius 1 is 1.02 bits per heavy atom. The lowest BCUT2D eigenvalue weighted by Gasteiger charge is -2.25. The third-order valence-electron chi connectivity index (χ3n) is 6.75. The molecule has 0 unspecified atom stereocenters. The van der Waals surface area contributed by atoms with Crippen molar-refractivity contribution in [3.63, 3.8) is 0 Å². The number of methoxy groups -OCH3 is 2. The summed E-state index contributed by atoms with van der Waals surface area (Å²) < 4.78 is 24.6. The van der Waals surface area contributed by atoms with E-state index in [1.165, 1.54) is 11.3 Å². The molecule has 0 bridgehead atoms. The van der Waals surface area contributed by atoms with Gasteiger partial charge in [0.25, 0.3) is 5.56 Å². The highest BCUT2D eigenvalue weighted by molar-refractivity contribution is 9.10. The van der Waals surface area contributed by atoms with Gasteiger partial charge in [-0.15, -0.1) is 0 Å². The minimum atomic E-state index is -0.710. The molecule has 0 N–H and O–H groups in total. The number of allylic oxidation sites excluding steroid dienone is 1. The predicted molar refractivity (Wildman–Crippen MR) is 165 cm³/mol. The Balaban J connectivity index is 1.48. The summed E-state index contributed by atoms with van der Waals surface area (Å²) in [4.78, 5) is 32.1. The minimum absolute atomic E-state index is 0.207. The molecule has 0 saturated heterocycles. The van der Waals surface area contributed by atoms with Gasteiger partial charge in [0.05, 0.1) is 47.1 Å². The van der Waals surface area contributed by atoms with Crippen LogP contribution in [-0.4, -0.2) is 31.4 Å². The van der Waals surface area contributed by atoms with Gasteiger partial charge in [-0.1, -0.05) is 41.7 Å². The highest BCUT2D eigenvalue weighted by Crippen LogP contribution is 2.35. The van der Waals surface area contributed by atoms with E-state index in [4.69, 9.17) is 18.9 Å². The van der Waals surface area contributed by atoms with E-state index < -0.39 is 12.0 Å². The summed E-state index contributed by atoms with van der Waals surface area (Å²) in [5.41, 5.74) is 3.18. The fourth-order valence-electron chi connectivity index (χ4n) is 4.66. The van der Waals surface area contributed by atoms with Gasteiger partial charge in [-0.3, -0.25) is 9.36 Å². The second-order valence-corrected chi connectivity index (χ2v) is 11.3. The van der Waals surface area contributed by atoms with E-state index in [0.29, 0.717) is 43.2 Å². The summed E-state index contributed by atoms with van der Waals surface area (Å²) in [6.45, 7) is 4.14. The zero-order valence-electron chi connectivity index (χ0n) is 23.5. The molecule has 1 aliphatic heterocycles. The van der Waals surface area contributed by atoms with Crippen molar-refractivity contribution in [2.75, 3.05) is 20.8 Å². The number of hydrogen-bond donors (Lipinski definition) is 0. The van der Waals surface area contributed by atoms with Gasteiger partial charge in [-0.05, 0) is 88.9 Å². The second-order valence-electron chi connectivity index (χ2n) is 9.40. The van der Waals surface area contributed by atoms with Crippen LogP contribution in [0.15, 0.2) is 92.3 Å². The van der Waals surface area contributed by atoms with Crippen LogP contribution in [0.2, 0.25) is 0 Å². The molecule has 5 rings (SSSR count). The van der Waals surface area contributed by atoms with Crippen LogP contribution in [0, 0.1) is 0 Å². The van der Waals surface area contributed by atoms with Crippen LogP contribution >= 0.6 is 27.3 Å². The highest BCUT2D eigenvalue weighted by Gasteiger charge is 2.33. The third kappa shape index (κ3) is 6.05. The van der Waals surface area contributed by atoms with Crippen LogP contribution in [0.3, 0.4) is 0 Å². The van der Waals surface area contributed by atoms with Crippen molar-refractivity contribution < 1.29 is 23.7 Å². The van der Waals surface area contributed by atoms with Crippen molar-refractivity contribution in [3.8, 4) is 17.2 Å². The van der Waals surface area contributed by atoms with Crippen molar-refractivity contribution in [1.29, 1.82) is 0 Å². The molecule has 42 heavy (non-hydrogen) atoms. The molecule has 8 nitrogen and oxygen atoms in total. The Bertz CT molecular complexity index is 1820. The van der Waals surface area contributed by atoms with E-state index in [0.717, 1.165) is 22.4 Å². The summed E-state index contributed by atoms with van der Waals surface area (Å²) in [5.74, 6) is 1.64. The van der Waals surface area contributed by atoms with Crippen molar-refractivity contribution in [2.45, 2.75) is 26.5 Å². The predicted octanol–water partition coefficient (Wildman–Crippen LogP) is 5.16. The largest absolute Gasteiger partial charge is 0.497 e. The molecular weight excluding hydrogens is 620 g/mol. The van der Waals surface area contributed by atoms with Gasteiger partial charge in [0.2, 0.25) is 0 Å². The van der Waals surface area contributed by atoms with E-state index in [1.807, 2.05) is 66.7 Å². The number of thiazole rings is 1. The molecule has 0 spiro atoms. The van der Waals surface area contributed by atoms with Crippen LogP contribution in [0.5, 0.6) is 17.2 Å². The van der Waals surface area contributed by atoms with Gasteiger partial charge < -0.3 is 18.9 Å². The van der Waals surface area contributed by atoms with Gasteiger partial charge in [0.15, 0.2) is 4.80 Å². The van der Waals surface area contributed by atoms with Gasteiger partial charge >= 0.3 is 5.97 Å². The van der Waals surface area contributed by atoms with Crippen LogP contribution < -0.4 is 29.1 Å². The molecule has 0 saturated carbocycles. The molecule has 1 aliphatic rings. The number of benzene rings is 3. The summed E-state index contributed by atoms with van der Waals surface area (Å²) >= 11 is 4.81. The topological polar surface area (TPSA) is 88.4 Å². The standard InChI is InChI=1S/C32H29BrN2O6S/c1-5-40-31(37)28-19(2)34-32-35(29(28)22-10-15-26(39-4)25(33)17-22)30(36)27(42-32)16-20-6-13-24(14-7-20)41-18-21-8-11-23(38-3)12-9-21/h6-17,29H,5,18H2,1-4H3/b27-16+/t29-/m0/s1. The maximum Gasteiger partial charge on any atom is 0.338 e. The SMILES string of the molecule is CCOC(=O)C1=C(C)N=c2s/c(=C/c3ccc(OCc4ccc(OC)cc4)cc3)c(=O)n2[C@H]1c1ccc(OC)c(Br)c1. The van der Waals surface area contributed by atoms with Crippen LogP contribution in [0.1, 0.15) is 36.6 Å². The Kier molecular flexibility index (Phi) is 8.94. The first-order valence-corrected chi connectivity index (χ1v) is 14.8. The van der Waals surface area contributed by atoms with Crippen molar-refractivity contribution in [1.82, 2.24) is 4.57 Å². The second kappa shape index (κ2) is 12.8. The molecular formula is C32H29BrN2O6S. The number of carbonyl (C=O) groups excluding carboxylic acids is 1. The van der Waals surface area contributed by atoms with Crippen LogP contribution in [0.25, 0.3) is 6.08 Å². The molecule has 0 radical (unpaired) electrons. The van der Waals surface area contributed by atoms with E-state index in [1.54, 1.807) is 38.7 Å². The van der Waals surface area contributed by atoms with Crippen LogP contribution in [-0.2, 0) is 16.1 Å². The van der Waals surface area contributed by atoms with E-state index in [9.17, 15) is 9.59 Å². The fourth-order valence-corrected chi connectivity index (χ4v) is 6.26. The van der Waals surface area contributed by atoms with Gasteiger partial charge in [-0.25, -0.2) is 9.79 Å². The molecule has 0 fully saturated rings. The number of nitrogens with zero attached hydrogens (tertiary/aromatic N) is 2. The summed E-state index contributed by atoms with van der Waals surface area (Å²) in [6, 6.07) is 20.0. The van der Waals surface area contributed by atoms with Crippen molar-refractivity contribution in [2.24, 2.45) is 4.99 Å². The van der Waals surface area contributed by atoms with E-state index in [2.05, 4.69) is 20.9 Å². The third-order valence-corrected chi connectivity index (χ3v) is 8.35. The lowest BCUT2D eigenvalue weighted by molar-refractivity contribution is -0.139. The van der Waals surface area contributed by atoms with Crippen LogP contribution in [0.4, 0.5) is 0 Å². The molecule has 4 aromatic rings. The number of halogens is 1. The molecule has 216 valence electrons. The maximum absolute atomic E-state index is 13.9. The molecule has 1 atom stereocenters. The number of fused-ring (bicyclic) bond motifs is 1. The molecule has 0 aliphatic carbocycles. The first-order valence-electron chi connectivity index (χ1n) is 13.2. The number of rotatable bonds is 9. The summed E-state index contributed by atoms with van der Waals surface area (Å²) in [6.07, 6.45) is 1.82. The molecule has 1 aromatic heterocycles. The number of carbonyl (C=O) groups is 1. The Morgan fingerprint density at radius 3 is 2.38 bits per heavy atom. The lowest BCUT2D eigenvalue weighted by atomic mass is 9.96. The summed E-state index contributed by atoms with van der Waals surface area (Å²) in [5, 5.41) is 0. The molecule has 0 amide bonds. The average molecular weight is 650 g/mol. The zero-order chi connectivity index (χ0) is 29.8. The van der Waals surface area contributed by atoms with Crippen molar-refractivity contribution in [3.05, 3.63) is 119 Å². The Morgan fingerprint density at radius 2 is 1.74 bits per heavy atom. The maximum atomic E-state index is 13.9. The van der Waals surface area contributed by atoms with Gasteiger partial charge in [-0.2, -0.15) is 0 Å². The number of aromatic nitrogens is 1. The average Bonchev–Trinajstić information content (AvgIpc) is 3.30. The van der Waals surface area contributed by atoms with Gasteiger partial charge in [0.1, 0.15) is 23.9 Å². The van der Waals surface area contributed by atoms with E-state index in [-0.39, 0.29) is 12.2 Å². The van der Waals surface area contributed by atoms with Gasteiger partial charge in [0, 0.05) is 0 Å². The van der Waals surface area contributed by atoms with Crippen molar-refractivity contribution >= 4 is 39.3 Å². The quantitative estimate of drug-likeness (QED) is 0.233. The Labute approximate surface area is 255 Å².